The second-order valence-corrected chi connectivity index (χ2v) is 6.76. The maximum absolute atomic E-state index is 10.5. The molecule has 1 N–H and O–H groups in total. The van der Waals surface area contributed by atoms with Gasteiger partial charge in [-0.2, -0.15) is 0 Å². The summed E-state index contributed by atoms with van der Waals surface area (Å²) in [6.07, 6.45) is 2.39. The molecule has 22 heavy (non-hydrogen) atoms. The molecule has 2 nitrogen and oxygen atoms in total. The van der Waals surface area contributed by atoms with E-state index in [1.807, 2.05) is 19.9 Å². The first-order valence-electron chi connectivity index (χ1n) is 8.15. The minimum atomic E-state index is -0.794. The number of hydrogen-bond donors (Lipinski definition) is 1. The smallest absolute Gasteiger partial charge is 0.0843 e. The van der Waals surface area contributed by atoms with Crippen LogP contribution in [0.3, 0.4) is 0 Å². The molecule has 3 rings (SSSR count). The predicted molar refractivity (Wildman–Crippen MR) is 90.5 cm³/mol. The second-order valence-electron chi connectivity index (χ2n) is 6.76. The van der Waals surface area contributed by atoms with Crippen molar-refractivity contribution < 1.29 is 5.11 Å². The molecule has 1 atom stereocenters. The van der Waals surface area contributed by atoms with E-state index in [-0.39, 0.29) is 0 Å². The Balaban J connectivity index is 1.88. The molecule has 0 unspecified atom stereocenters. The van der Waals surface area contributed by atoms with Crippen molar-refractivity contribution in [2.75, 3.05) is 6.54 Å². The van der Waals surface area contributed by atoms with Crippen molar-refractivity contribution in [3.63, 3.8) is 0 Å². The third-order valence-electron chi connectivity index (χ3n) is 4.57. The van der Waals surface area contributed by atoms with Gasteiger partial charge in [0.15, 0.2) is 0 Å². The number of hydrogen-bond acceptors (Lipinski definition) is 2. The molecule has 1 saturated heterocycles. The molecule has 2 heteroatoms. The van der Waals surface area contributed by atoms with Gasteiger partial charge in [0, 0.05) is 12.6 Å². The van der Waals surface area contributed by atoms with E-state index in [9.17, 15) is 5.11 Å². The molecule has 1 heterocycles. The van der Waals surface area contributed by atoms with E-state index in [0.717, 1.165) is 18.7 Å². The van der Waals surface area contributed by atoms with Crippen molar-refractivity contribution in [2.45, 2.75) is 44.9 Å². The second kappa shape index (κ2) is 6.23. The third kappa shape index (κ3) is 3.23. The van der Waals surface area contributed by atoms with Crippen LogP contribution in [0.15, 0.2) is 54.6 Å². The Morgan fingerprint density at radius 1 is 1.05 bits per heavy atom. The molecule has 2 aromatic rings. The minimum Gasteiger partial charge on any atom is -0.386 e. The standard InChI is InChI=1S/C20H25NO/c1-20(2,22)18-12-7-6-11-17(18)19-13-8-14-21(19)15-16-9-4-3-5-10-16/h3-7,9-12,19,22H,8,13-15H2,1-2H3/t19-/m0/s1. The fraction of sp³-hybridized carbons (Fsp3) is 0.400. The van der Waals surface area contributed by atoms with E-state index in [2.05, 4.69) is 53.4 Å². The fourth-order valence-corrected chi connectivity index (χ4v) is 3.53. The molecule has 116 valence electrons. The predicted octanol–water partition coefficient (Wildman–Crippen LogP) is 4.25. The van der Waals surface area contributed by atoms with E-state index >= 15 is 0 Å². The van der Waals surface area contributed by atoms with Crippen molar-refractivity contribution in [3.8, 4) is 0 Å². The van der Waals surface area contributed by atoms with Crippen LogP contribution in [0.1, 0.15) is 49.4 Å². The Morgan fingerprint density at radius 2 is 1.73 bits per heavy atom. The SMILES string of the molecule is CC(C)(O)c1ccccc1[C@@H]1CCCN1Cc1ccccc1. The van der Waals surface area contributed by atoms with Gasteiger partial charge < -0.3 is 5.11 Å². The Kier molecular flexibility index (Phi) is 4.32. The molecule has 0 bridgehead atoms. The van der Waals surface area contributed by atoms with Crippen LogP contribution in [0.2, 0.25) is 0 Å². The lowest BCUT2D eigenvalue weighted by Crippen LogP contribution is -2.26. The Hall–Kier alpha value is -1.64. The highest BCUT2D eigenvalue weighted by molar-refractivity contribution is 5.34. The van der Waals surface area contributed by atoms with Crippen LogP contribution in [0, 0.1) is 0 Å². The van der Waals surface area contributed by atoms with Gasteiger partial charge in [0.25, 0.3) is 0 Å². The molecule has 2 aromatic carbocycles. The van der Waals surface area contributed by atoms with Crippen LogP contribution >= 0.6 is 0 Å². The van der Waals surface area contributed by atoms with Gasteiger partial charge in [-0.25, -0.2) is 0 Å². The van der Waals surface area contributed by atoms with Crippen molar-refractivity contribution >= 4 is 0 Å². The normalized spacial score (nSPS) is 19.5. The number of benzene rings is 2. The molecule has 0 saturated carbocycles. The molecule has 1 aliphatic heterocycles. The largest absolute Gasteiger partial charge is 0.386 e. The lowest BCUT2D eigenvalue weighted by molar-refractivity contribution is 0.0757. The average molecular weight is 295 g/mol. The molecular weight excluding hydrogens is 270 g/mol. The quantitative estimate of drug-likeness (QED) is 0.911. The third-order valence-corrected chi connectivity index (χ3v) is 4.57. The molecule has 0 aromatic heterocycles. The van der Waals surface area contributed by atoms with Crippen LogP contribution in [-0.2, 0) is 12.1 Å². The highest BCUT2D eigenvalue weighted by Gasteiger charge is 2.30. The summed E-state index contributed by atoms with van der Waals surface area (Å²) < 4.78 is 0. The van der Waals surface area contributed by atoms with Gasteiger partial charge >= 0.3 is 0 Å². The van der Waals surface area contributed by atoms with Gasteiger partial charge in [-0.3, -0.25) is 4.90 Å². The minimum absolute atomic E-state index is 0.405. The van der Waals surface area contributed by atoms with Gasteiger partial charge in [-0.05, 0) is 49.9 Å². The first kappa shape index (κ1) is 15.3. The molecule has 1 aliphatic rings. The molecular formula is C20H25NO. The van der Waals surface area contributed by atoms with Crippen molar-refractivity contribution in [1.29, 1.82) is 0 Å². The summed E-state index contributed by atoms with van der Waals surface area (Å²) >= 11 is 0. The molecule has 0 aliphatic carbocycles. The zero-order valence-electron chi connectivity index (χ0n) is 13.5. The summed E-state index contributed by atoms with van der Waals surface area (Å²) in [5.41, 5.74) is 2.90. The lowest BCUT2D eigenvalue weighted by atomic mass is 9.89. The summed E-state index contributed by atoms with van der Waals surface area (Å²) in [6.45, 7) is 5.86. The first-order chi connectivity index (χ1) is 10.6. The molecule has 1 fully saturated rings. The van der Waals surface area contributed by atoms with E-state index in [1.165, 1.54) is 24.0 Å². The van der Waals surface area contributed by atoms with Gasteiger partial charge in [-0.1, -0.05) is 54.6 Å². The first-order valence-corrected chi connectivity index (χ1v) is 8.15. The average Bonchev–Trinajstić information content (AvgIpc) is 2.95. The van der Waals surface area contributed by atoms with Gasteiger partial charge in [-0.15, -0.1) is 0 Å². The van der Waals surface area contributed by atoms with Crippen molar-refractivity contribution in [2.24, 2.45) is 0 Å². The summed E-state index contributed by atoms with van der Waals surface area (Å²) in [4.78, 5) is 2.54. The highest BCUT2D eigenvalue weighted by Crippen LogP contribution is 2.37. The fourth-order valence-electron chi connectivity index (χ4n) is 3.53. The Morgan fingerprint density at radius 3 is 2.45 bits per heavy atom. The van der Waals surface area contributed by atoms with Gasteiger partial charge in [0.2, 0.25) is 0 Å². The molecule has 0 radical (unpaired) electrons. The highest BCUT2D eigenvalue weighted by atomic mass is 16.3. The van der Waals surface area contributed by atoms with E-state index < -0.39 is 5.60 Å². The maximum Gasteiger partial charge on any atom is 0.0843 e. The number of likely N-dealkylation sites (tertiary alicyclic amines) is 1. The maximum atomic E-state index is 10.5. The van der Waals surface area contributed by atoms with Crippen LogP contribution in [0.4, 0.5) is 0 Å². The Labute approximate surface area is 133 Å². The van der Waals surface area contributed by atoms with Crippen molar-refractivity contribution in [1.82, 2.24) is 4.90 Å². The van der Waals surface area contributed by atoms with Crippen molar-refractivity contribution in [3.05, 3.63) is 71.3 Å². The van der Waals surface area contributed by atoms with Gasteiger partial charge in [0.1, 0.15) is 0 Å². The van der Waals surface area contributed by atoms with E-state index in [1.54, 1.807) is 0 Å². The monoisotopic (exact) mass is 295 g/mol. The van der Waals surface area contributed by atoms with Gasteiger partial charge in [0.05, 0.1) is 5.60 Å². The Bertz CT molecular complexity index is 615. The number of rotatable bonds is 4. The molecule has 0 amide bonds. The van der Waals surface area contributed by atoms with E-state index in [4.69, 9.17) is 0 Å². The number of aliphatic hydroxyl groups is 1. The summed E-state index contributed by atoms with van der Waals surface area (Å²) in [5, 5.41) is 10.5. The summed E-state index contributed by atoms with van der Waals surface area (Å²) in [6, 6.07) is 19.4. The van der Waals surface area contributed by atoms with Crippen LogP contribution in [0.25, 0.3) is 0 Å². The summed E-state index contributed by atoms with van der Waals surface area (Å²) in [5.74, 6) is 0. The molecule has 0 spiro atoms. The van der Waals surface area contributed by atoms with E-state index in [0.29, 0.717) is 6.04 Å². The topological polar surface area (TPSA) is 23.5 Å². The summed E-state index contributed by atoms with van der Waals surface area (Å²) in [7, 11) is 0. The zero-order valence-corrected chi connectivity index (χ0v) is 13.5. The van der Waals surface area contributed by atoms with Crippen LogP contribution in [0.5, 0.6) is 0 Å². The van der Waals surface area contributed by atoms with Crippen LogP contribution < -0.4 is 0 Å². The zero-order chi connectivity index (χ0) is 15.6. The van der Waals surface area contributed by atoms with Crippen LogP contribution in [-0.4, -0.2) is 16.6 Å². The lowest BCUT2D eigenvalue weighted by Gasteiger charge is -2.30. The number of nitrogens with zero attached hydrogens (tertiary/aromatic N) is 1.